The lowest BCUT2D eigenvalue weighted by Crippen LogP contribution is -2.68. The molecule has 0 amide bonds. The number of rotatable bonds is 13. The van der Waals surface area contributed by atoms with Gasteiger partial charge in [0, 0.05) is 42.1 Å². The maximum absolute atomic E-state index is 13.3. The van der Waals surface area contributed by atoms with E-state index < -0.39 is 41.5 Å². The minimum absolute atomic E-state index is 0.0434. The van der Waals surface area contributed by atoms with Crippen molar-refractivity contribution in [2.45, 2.75) is 101 Å². The highest BCUT2D eigenvalue weighted by molar-refractivity contribution is 5.76. The van der Waals surface area contributed by atoms with Crippen molar-refractivity contribution in [2.24, 2.45) is 22.7 Å². The number of aromatic nitrogens is 1. The van der Waals surface area contributed by atoms with Gasteiger partial charge in [0.05, 0.1) is 38.4 Å². The van der Waals surface area contributed by atoms with Gasteiger partial charge >= 0.3 is 5.97 Å². The van der Waals surface area contributed by atoms with Gasteiger partial charge in [-0.1, -0.05) is 31.1 Å². The second kappa shape index (κ2) is 16.7. The van der Waals surface area contributed by atoms with Crippen LogP contribution in [0.5, 0.6) is 28.7 Å². The van der Waals surface area contributed by atoms with E-state index in [-0.39, 0.29) is 66.1 Å². The number of carboxylic acids is 1. The van der Waals surface area contributed by atoms with Crippen molar-refractivity contribution in [1.82, 2.24) is 10.3 Å². The van der Waals surface area contributed by atoms with Crippen molar-refractivity contribution < 1.29 is 49.3 Å². The number of ether oxygens (including phenoxy) is 4. The number of aryl methyl sites for hydroxylation is 1. The molecule has 2 spiro atoms. The largest absolute Gasteiger partial charge is 0.504 e. The summed E-state index contributed by atoms with van der Waals surface area (Å²) in [5, 5.41) is 57.8. The number of carbonyl (C=O) groups is 1. The van der Waals surface area contributed by atoms with E-state index in [1.807, 2.05) is 30.4 Å². The van der Waals surface area contributed by atoms with Crippen LogP contribution < -0.4 is 25.3 Å². The van der Waals surface area contributed by atoms with E-state index >= 15 is 0 Å². The number of nitrogens with two attached hydrogens (primary N) is 1. The van der Waals surface area contributed by atoms with Gasteiger partial charge in [0.2, 0.25) is 5.75 Å². The fraction of sp³-hybridized carbons (Fsp3) is 0.545. The Morgan fingerprint density at radius 1 is 1.00 bits per heavy atom. The number of aliphatic hydroxyl groups excluding tert-OH is 2. The van der Waals surface area contributed by atoms with Crippen LogP contribution >= 0.6 is 0 Å². The Hall–Kier alpha value is -4.56. The molecule has 13 heteroatoms. The first-order valence-electron chi connectivity index (χ1n) is 20.2. The van der Waals surface area contributed by atoms with Crippen molar-refractivity contribution >= 4 is 11.8 Å². The minimum atomic E-state index is -0.892. The molecule has 8 N–H and O–H groups in total. The van der Waals surface area contributed by atoms with Gasteiger partial charge in [0.25, 0.3) is 0 Å². The lowest BCUT2D eigenvalue weighted by molar-refractivity contribution is -0.158. The van der Waals surface area contributed by atoms with E-state index in [4.69, 9.17) is 24.7 Å². The summed E-state index contributed by atoms with van der Waals surface area (Å²) in [6, 6.07) is 12.0. The predicted molar refractivity (Wildman–Crippen MR) is 213 cm³/mol. The number of aliphatic carboxylic acids is 1. The van der Waals surface area contributed by atoms with Gasteiger partial charge in [0.1, 0.15) is 12.4 Å². The number of anilines is 1. The molecule has 2 aliphatic carbocycles. The predicted octanol–water partition coefficient (Wildman–Crippen LogP) is 5.64. The third-order valence-corrected chi connectivity index (χ3v) is 13.4. The molecular weight excluding hydrogens is 730 g/mol. The second-order valence-electron chi connectivity index (χ2n) is 16.5. The Morgan fingerprint density at radius 2 is 1.75 bits per heavy atom. The van der Waals surface area contributed by atoms with E-state index in [1.54, 1.807) is 30.5 Å². The molecule has 3 aromatic rings. The zero-order valence-corrected chi connectivity index (χ0v) is 33.0. The highest BCUT2D eigenvalue weighted by Gasteiger charge is 2.68. The summed E-state index contributed by atoms with van der Waals surface area (Å²) in [4.78, 5) is 17.6. The molecule has 2 saturated heterocycles. The Balaban J connectivity index is 1.22. The number of carboxylic acid groups (broad SMARTS) is 1. The Kier molecular flexibility index (Phi) is 11.9. The molecule has 2 aliphatic heterocycles. The molecule has 308 valence electrons. The Bertz CT molecular complexity index is 1930. The summed E-state index contributed by atoms with van der Waals surface area (Å²) in [7, 11) is 2.95. The summed E-state index contributed by atoms with van der Waals surface area (Å²) in [6.07, 6.45) is 10.2. The number of piperidine rings is 1. The number of hydrogen-bond acceptors (Lipinski definition) is 12. The van der Waals surface area contributed by atoms with E-state index in [0.717, 1.165) is 43.2 Å². The van der Waals surface area contributed by atoms with Crippen LogP contribution in [0.2, 0.25) is 0 Å². The third kappa shape index (κ3) is 7.50. The molecule has 0 bridgehead atoms. The second-order valence-corrected chi connectivity index (χ2v) is 16.5. The maximum atomic E-state index is 13.3. The van der Waals surface area contributed by atoms with E-state index in [1.165, 1.54) is 14.2 Å². The van der Waals surface area contributed by atoms with Gasteiger partial charge in [-0.15, -0.1) is 0 Å². The van der Waals surface area contributed by atoms with Crippen molar-refractivity contribution in [3.8, 4) is 28.7 Å². The number of nitrogen functional groups attached to an aromatic ring is 1. The molecule has 9 unspecified atom stereocenters. The van der Waals surface area contributed by atoms with Gasteiger partial charge in [-0.3, -0.25) is 4.79 Å². The van der Waals surface area contributed by atoms with E-state index in [2.05, 4.69) is 17.2 Å². The minimum Gasteiger partial charge on any atom is -0.504 e. The summed E-state index contributed by atoms with van der Waals surface area (Å²) in [5.74, 6) is -1.56. The van der Waals surface area contributed by atoms with Gasteiger partial charge < -0.3 is 55.5 Å². The number of phenols is 2. The first-order chi connectivity index (χ1) is 27.4. The lowest BCUT2D eigenvalue weighted by Gasteiger charge is -2.61. The highest BCUT2D eigenvalue weighted by atomic mass is 16.5. The molecule has 3 fully saturated rings. The number of allylic oxidation sites excluding steroid dienone is 1. The number of hydrogen-bond donors (Lipinski definition) is 7. The van der Waals surface area contributed by atoms with Crippen LogP contribution in [0.3, 0.4) is 0 Å². The normalized spacial score (nSPS) is 30.5. The zero-order valence-electron chi connectivity index (χ0n) is 33.0. The average molecular weight is 788 g/mol. The van der Waals surface area contributed by atoms with Gasteiger partial charge in [-0.05, 0) is 110 Å². The van der Waals surface area contributed by atoms with Crippen molar-refractivity contribution in [1.29, 1.82) is 0 Å². The molecule has 2 aromatic carbocycles. The molecule has 57 heavy (non-hydrogen) atoms. The average Bonchev–Trinajstić information content (AvgIpc) is 3.83. The van der Waals surface area contributed by atoms with Crippen molar-refractivity contribution in [2.75, 3.05) is 33.2 Å². The molecular formula is C44H57N3O10. The van der Waals surface area contributed by atoms with Gasteiger partial charge in [-0.2, -0.15) is 0 Å². The quantitative estimate of drug-likeness (QED) is 0.105. The van der Waals surface area contributed by atoms with Crippen LogP contribution in [0.1, 0.15) is 87.0 Å². The Morgan fingerprint density at radius 3 is 2.46 bits per heavy atom. The number of benzene rings is 2. The van der Waals surface area contributed by atoms with Crippen LogP contribution in [0.25, 0.3) is 0 Å². The monoisotopic (exact) mass is 787 g/mol. The standard InChI is InChI=1S/C44H57N3O10/c1-25-23-43(14-4-5-15-43)44(31(9-10-32(44)42(52)53)27-12-16-46-39(45)21-27)38(47-25)24-56-37-20-28(19-36(55-3)40(37)51)41-30(13-17-48)34(50)22-29(57-41)8-6-26-7-11-33(49)35(18-26)54-2/h7,9-12,16,18-21,25,29-32,34,38,41,47-51H,4-6,8,13-15,17,22-24H2,1-3H3,(H2,45,46)(H,52,53). The molecule has 3 heterocycles. The number of methoxy groups -OCH3 is 2. The smallest absolute Gasteiger partial charge is 0.311 e. The number of phenolic OH excluding ortho intramolecular Hbond substituents is 2. The van der Waals surface area contributed by atoms with E-state index in [0.29, 0.717) is 36.4 Å². The van der Waals surface area contributed by atoms with Gasteiger partial charge in [-0.25, -0.2) is 4.98 Å². The fourth-order valence-corrected chi connectivity index (χ4v) is 11.1. The number of pyridine rings is 1. The lowest BCUT2D eigenvalue weighted by atomic mass is 9.46. The fourth-order valence-electron chi connectivity index (χ4n) is 11.1. The number of aromatic hydroxyl groups is 2. The third-order valence-electron chi connectivity index (χ3n) is 13.4. The molecule has 1 aromatic heterocycles. The van der Waals surface area contributed by atoms with Crippen molar-refractivity contribution in [3.63, 3.8) is 0 Å². The SMILES string of the molecule is COc1cc(CCC2CC(O)C(CCO)C(c3cc(OC)c(O)c(OCC4NC(C)CC5(CCCC5)C45C(C(=O)O)C=CC5c4ccnc(N)c4)c3)O2)ccc1O. The van der Waals surface area contributed by atoms with Crippen LogP contribution in [0, 0.1) is 22.7 Å². The Labute approximate surface area is 333 Å². The molecule has 9 atom stereocenters. The van der Waals surface area contributed by atoms with Crippen LogP contribution in [-0.2, 0) is 16.0 Å². The first-order valence-corrected chi connectivity index (χ1v) is 20.2. The number of nitrogens with one attached hydrogen (secondary N) is 1. The number of fused-ring (bicyclic) bond motifs is 1. The molecule has 13 nitrogen and oxygen atoms in total. The van der Waals surface area contributed by atoms with Gasteiger partial charge in [0.15, 0.2) is 23.0 Å². The summed E-state index contributed by atoms with van der Waals surface area (Å²) in [5.41, 5.74) is 7.53. The first kappa shape index (κ1) is 40.6. The van der Waals surface area contributed by atoms with Crippen LogP contribution in [0.15, 0.2) is 60.8 Å². The molecule has 7 rings (SSSR count). The van der Waals surface area contributed by atoms with E-state index in [9.17, 15) is 30.3 Å². The molecule has 4 aliphatic rings. The van der Waals surface area contributed by atoms with Crippen LogP contribution in [0.4, 0.5) is 5.82 Å². The molecule has 0 radical (unpaired) electrons. The summed E-state index contributed by atoms with van der Waals surface area (Å²) < 4.78 is 24.3. The zero-order chi connectivity index (χ0) is 40.5. The maximum Gasteiger partial charge on any atom is 0.311 e. The summed E-state index contributed by atoms with van der Waals surface area (Å²) in [6.45, 7) is 2.03. The van der Waals surface area contributed by atoms with Crippen molar-refractivity contribution in [3.05, 3.63) is 77.5 Å². The highest BCUT2D eigenvalue weighted by Crippen LogP contribution is 2.69. The number of nitrogens with zero attached hydrogens (tertiary/aromatic N) is 1. The summed E-state index contributed by atoms with van der Waals surface area (Å²) >= 11 is 0. The molecule has 1 saturated carbocycles. The number of aliphatic hydroxyl groups is 2. The van der Waals surface area contributed by atoms with Crippen LogP contribution in [-0.4, -0.2) is 88.2 Å². The topological polar surface area (TPSA) is 206 Å².